The maximum Gasteiger partial charge on any atom is 0.214 e. The Morgan fingerprint density at radius 2 is 2.00 bits per heavy atom. The minimum absolute atomic E-state index is 0.137. The summed E-state index contributed by atoms with van der Waals surface area (Å²) >= 11 is 1.56. The van der Waals surface area contributed by atoms with Gasteiger partial charge in [-0.2, -0.15) is 0 Å². The summed E-state index contributed by atoms with van der Waals surface area (Å²) in [6.07, 6.45) is 0. The van der Waals surface area contributed by atoms with E-state index in [0.29, 0.717) is 0 Å². The molecule has 0 aliphatic rings. The van der Waals surface area contributed by atoms with E-state index in [1.54, 1.807) is 25.2 Å². The van der Waals surface area contributed by atoms with Crippen molar-refractivity contribution in [2.75, 3.05) is 0 Å². The zero-order valence-corrected chi connectivity index (χ0v) is 10.2. The van der Waals surface area contributed by atoms with Crippen molar-refractivity contribution in [3.8, 4) is 0 Å². The third-order valence-corrected chi connectivity index (χ3v) is 4.91. The van der Waals surface area contributed by atoms with E-state index in [9.17, 15) is 8.42 Å². The number of rotatable bonds is 4. The first-order chi connectivity index (χ1) is 6.43. The SMILES string of the molecule is CC(NS(=O)(=O)C(C)C)c1cccs1. The molecule has 1 atom stereocenters. The van der Waals surface area contributed by atoms with Gasteiger partial charge < -0.3 is 0 Å². The largest absolute Gasteiger partial charge is 0.214 e. The van der Waals surface area contributed by atoms with Crippen LogP contribution in [0.3, 0.4) is 0 Å². The Balaban J connectivity index is 2.71. The van der Waals surface area contributed by atoms with E-state index >= 15 is 0 Å². The van der Waals surface area contributed by atoms with Crippen LogP contribution in [0.4, 0.5) is 0 Å². The van der Waals surface area contributed by atoms with Crippen molar-refractivity contribution in [3.63, 3.8) is 0 Å². The molecule has 80 valence electrons. The first-order valence-electron chi connectivity index (χ1n) is 4.48. The summed E-state index contributed by atoms with van der Waals surface area (Å²) in [6, 6.07) is 3.71. The highest BCUT2D eigenvalue weighted by molar-refractivity contribution is 7.90. The summed E-state index contributed by atoms with van der Waals surface area (Å²) in [5.74, 6) is 0. The molecule has 0 saturated carbocycles. The lowest BCUT2D eigenvalue weighted by Gasteiger charge is -2.14. The van der Waals surface area contributed by atoms with Gasteiger partial charge in [0, 0.05) is 4.88 Å². The number of hydrogen-bond acceptors (Lipinski definition) is 3. The van der Waals surface area contributed by atoms with Crippen LogP contribution in [0.15, 0.2) is 17.5 Å². The Kier molecular flexibility index (Phi) is 3.69. The zero-order valence-electron chi connectivity index (χ0n) is 8.52. The summed E-state index contributed by atoms with van der Waals surface area (Å²) in [5, 5.41) is 1.56. The molecule has 1 aromatic heterocycles. The van der Waals surface area contributed by atoms with Crippen molar-refractivity contribution < 1.29 is 8.42 Å². The maximum atomic E-state index is 11.5. The molecule has 1 rings (SSSR count). The Bertz CT molecular complexity index is 368. The second-order valence-corrected chi connectivity index (χ2v) is 6.70. The van der Waals surface area contributed by atoms with Crippen LogP contribution in [0.25, 0.3) is 0 Å². The van der Waals surface area contributed by atoms with Crippen LogP contribution in [0.5, 0.6) is 0 Å². The molecular formula is C9H15NO2S2. The second-order valence-electron chi connectivity index (χ2n) is 3.45. The summed E-state index contributed by atoms with van der Waals surface area (Å²) in [6.45, 7) is 5.19. The summed E-state index contributed by atoms with van der Waals surface area (Å²) in [5.41, 5.74) is 0. The molecule has 0 amide bonds. The Morgan fingerprint density at radius 1 is 1.36 bits per heavy atom. The van der Waals surface area contributed by atoms with Gasteiger partial charge in [0.2, 0.25) is 10.0 Å². The van der Waals surface area contributed by atoms with Crippen LogP contribution < -0.4 is 4.72 Å². The van der Waals surface area contributed by atoms with Crippen molar-refractivity contribution >= 4 is 21.4 Å². The lowest BCUT2D eigenvalue weighted by molar-refractivity contribution is 0.559. The van der Waals surface area contributed by atoms with E-state index in [-0.39, 0.29) is 11.3 Å². The molecule has 0 aromatic carbocycles. The van der Waals surface area contributed by atoms with E-state index in [0.717, 1.165) is 4.88 Å². The van der Waals surface area contributed by atoms with Gasteiger partial charge in [-0.05, 0) is 32.2 Å². The van der Waals surface area contributed by atoms with Gasteiger partial charge >= 0.3 is 0 Å². The van der Waals surface area contributed by atoms with E-state index < -0.39 is 10.0 Å². The third-order valence-electron chi connectivity index (χ3n) is 1.93. The first-order valence-corrected chi connectivity index (χ1v) is 6.90. The fourth-order valence-electron chi connectivity index (χ4n) is 0.978. The minimum Gasteiger partial charge on any atom is -0.212 e. The van der Waals surface area contributed by atoms with Crippen LogP contribution in [0, 0.1) is 0 Å². The number of hydrogen-bond donors (Lipinski definition) is 1. The van der Waals surface area contributed by atoms with Crippen molar-refractivity contribution in [3.05, 3.63) is 22.4 Å². The fraction of sp³-hybridized carbons (Fsp3) is 0.556. The molecule has 0 aliphatic carbocycles. The van der Waals surface area contributed by atoms with Gasteiger partial charge in [0.15, 0.2) is 0 Å². The molecular weight excluding hydrogens is 218 g/mol. The topological polar surface area (TPSA) is 46.2 Å². The van der Waals surface area contributed by atoms with Gasteiger partial charge in [-0.25, -0.2) is 13.1 Å². The smallest absolute Gasteiger partial charge is 0.212 e. The van der Waals surface area contributed by atoms with Crippen LogP contribution in [-0.2, 0) is 10.0 Å². The molecule has 0 aliphatic heterocycles. The normalized spacial score (nSPS) is 14.6. The Morgan fingerprint density at radius 3 is 2.43 bits per heavy atom. The number of nitrogens with one attached hydrogen (secondary N) is 1. The summed E-state index contributed by atoms with van der Waals surface area (Å²) in [4.78, 5) is 1.04. The highest BCUT2D eigenvalue weighted by Crippen LogP contribution is 2.19. The van der Waals surface area contributed by atoms with E-state index in [4.69, 9.17) is 0 Å². The third kappa shape index (κ3) is 2.80. The molecule has 0 radical (unpaired) electrons. The predicted molar refractivity (Wildman–Crippen MR) is 59.9 cm³/mol. The lowest BCUT2D eigenvalue weighted by Crippen LogP contribution is -2.32. The molecule has 0 bridgehead atoms. The highest BCUT2D eigenvalue weighted by atomic mass is 32.2. The quantitative estimate of drug-likeness (QED) is 0.866. The molecule has 3 nitrogen and oxygen atoms in total. The van der Waals surface area contributed by atoms with Gasteiger partial charge in [0.05, 0.1) is 11.3 Å². The predicted octanol–water partition coefficient (Wildman–Crippen LogP) is 2.14. The molecule has 1 aromatic rings. The standard InChI is InChI=1S/C9H15NO2S2/c1-7(2)14(11,12)10-8(3)9-5-4-6-13-9/h4-8,10H,1-3H3. The van der Waals surface area contributed by atoms with Gasteiger partial charge in [0.1, 0.15) is 0 Å². The van der Waals surface area contributed by atoms with E-state index in [2.05, 4.69) is 4.72 Å². The van der Waals surface area contributed by atoms with Crippen molar-refractivity contribution in [1.82, 2.24) is 4.72 Å². The van der Waals surface area contributed by atoms with Crippen molar-refractivity contribution in [2.45, 2.75) is 32.1 Å². The average molecular weight is 233 g/mol. The molecule has 1 heterocycles. The van der Waals surface area contributed by atoms with Gasteiger partial charge in [0.25, 0.3) is 0 Å². The highest BCUT2D eigenvalue weighted by Gasteiger charge is 2.19. The lowest BCUT2D eigenvalue weighted by atomic mass is 10.3. The van der Waals surface area contributed by atoms with Gasteiger partial charge in [-0.1, -0.05) is 6.07 Å². The minimum atomic E-state index is -3.17. The maximum absolute atomic E-state index is 11.5. The number of thiophene rings is 1. The summed E-state index contributed by atoms with van der Waals surface area (Å²) < 4.78 is 25.7. The zero-order chi connectivity index (χ0) is 10.8. The molecule has 0 spiro atoms. The van der Waals surface area contributed by atoms with E-state index in [1.165, 1.54) is 0 Å². The van der Waals surface area contributed by atoms with Crippen molar-refractivity contribution in [2.24, 2.45) is 0 Å². The van der Waals surface area contributed by atoms with E-state index in [1.807, 2.05) is 24.4 Å². The monoisotopic (exact) mass is 233 g/mol. The summed E-state index contributed by atoms with van der Waals surface area (Å²) in [7, 11) is -3.17. The van der Waals surface area contributed by atoms with Crippen LogP contribution >= 0.6 is 11.3 Å². The number of sulfonamides is 1. The van der Waals surface area contributed by atoms with Crippen LogP contribution in [0.1, 0.15) is 31.7 Å². The Hall–Kier alpha value is -0.390. The van der Waals surface area contributed by atoms with Gasteiger partial charge in [-0.3, -0.25) is 0 Å². The Labute approximate surface area is 89.2 Å². The molecule has 14 heavy (non-hydrogen) atoms. The molecule has 5 heteroatoms. The fourth-order valence-corrected chi connectivity index (χ4v) is 2.68. The van der Waals surface area contributed by atoms with Crippen LogP contribution in [-0.4, -0.2) is 13.7 Å². The van der Waals surface area contributed by atoms with Crippen molar-refractivity contribution in [1.29, 1.82) is 0 Å². The molecule has 0 fully saturated rings. The average Bonchev–Trinajstić information content (AvgIpc) is 2.54. The second kappa shape index (κ2) is 4.42. The molecule has 1 unspecified atom stereocenters. The molecule has 1 N–H and O–H groups in total. The first kappa shape index (κ1) is 11.7. The van der Waals surface area contributed by atoms with Gasteiger partial charge in [-0.15, -0.1) is 11.3 Å². The van der Waals surface area contributed by atoms with Crippen LogP contribution in [0.2, 0.25) is 0 Å². The molecule has 0 saturated heterocycles.